The zero-order valence-corrected chi connectivity index (χ0v) is 8.82. The first-order valence-corrected chi connectivity index (χ1v) is 5.27. The maximum atomic E-state index is 11.9. The van der Waals surface area contributed by atoms with Crippen LogP contribution in [0.1, 0.15) is 25.3 Å². The number of carbonyl (C=O) groups is 1. The Hall–Kier alpha value is -1.35. The highest BCUT2D eigenvalue weighted by molar-refractivity contribution is 5.90. The van der Waals surface area contributed by atoms with E-state index in [4.69, 9.17) is 4.84 Å². The van der Waals surface area contributed by atoms with Gasteiger partial charge in [-0.1, -0.05) is 30.3 Å². The minimum absolute atomic E-state index is 0.0180. The van der Waals surface area contributed by atoms with Crippen LogP contribution < -0.4 is 5.48 Å². The lowest BCUT2D eigenvalue weighted by Gasteiger charge is -2.14. The van der Waals surface area contributed by atoms with Crippen molar-refractivity contribution in [3.63, 3.8) is 0 Å². The number of nitrogens with one attached hydrogen (secondary N) is 1. The van der Waals surface area contributed by atoms with E-state index in [1.54, 1.807) is 0 Å². The molecule has 0 aliphatic heterocycles. The Labute approximate surface area is 89.4 Å². The van der Waals surface area contributed by atoms with Gasteiger partial charge in [-0.05, 0) is 25.3 Å². The van der Waals surface area contributed by atoms with E-state index < -0.39 is 0 Å². The zero-order valence-electron chi connectivity index (χ0n) is 8.82. The van der Waals surface area contributed by atoms with Crippen LogP contribution in [-0.2, 0) is 15.0 Å². The van der Waals surface area contributed by atoms with Gasteiger partial charge in [0.2, 0.25) is 0 Å². The Kier molecular flexibility index (Phi) is 2.73. The summed E-state index contributed by atoms with van der Waals surface area (Å²) in [6.45, 7) is 2.35. The van der Waals surface area contributed by atoms with Gasteiger partial charge in [0.05, 0.1) is 12.0 Å². The normalized spacial score (nSPS) is 17.1. The molecule has 2 rings (SSSR count). The molecule has 0 unspecified atom stereocenters. The van der Waals surface area contributed by atoms with E-state index in [1.165, 1.54) is 0 Å². The number of hydroxylamine groups is 1. The molecule has 3 heteroatoms. The topological polar surface area (TPSA) is 38.3 Å². The van der Waals surface area contributed by atoms with Gasteiger partial charge in [-0.2, -0.15) is 0 Å². The molecule has 1 saturated carbocycles. The molecule has 0 spiro atoms. The van der Waals surface area contributed by atoms with Crippen molar-refractivity contribution in [2.45, 2.75) is 25.2 Å². The third-order valence-electron chi connectivity index (χ3n) is 2.82. The van der Waals surface area contributed by atoms with Crippen LogP contribution in [0.4, 0.5) is 0 Å². The van der Waals surface area contributed by atoms with E-state index in [0.717, 1.165) is 18.4 Å². The van der Waals surface area contributed by atoms with E-state index in [0.29, 0.717) is 6.61 Å². The molecule has 1 aliphatic carbocycles. The van der Waals surface area contributed by atoms with Gasteiger partial charge in [0.15, 0.2) is 0 Å². The van der Waals surface area contributed by atoms with Crippen molar-refractivity contribution >= 4 is 5.91 Å². The largest absolute Gasteiger partial charge is 0.274 e. The predicted octanol–water partition coefficient (Wildman–Crippen LogP) is 1.79. The fraction of sp³-hybridized carbons (Fsp3) is 0.417. The van der Waals surface area contributed by atoms with Crippen molar-refractivity contribution in [2.24, 2.45) is 0 Å². The number of amides is 1. The number of benzene rings is 1. The maximum absolute atomic E-state index is 11.9. The molecule has 80 valence electrons. The summed E-state index contributed by atoms with van der Waals surface area (Å²) in [7, 11) is 0. The molecule has 1 fully saturated rings. The first-order valence-electron chi connectivity index (χ1n) is 5.27. The Bertz CT molecular complexity index is 344. The Morgan fingerprint density at radius 2 is 2.07 bits per heavy atom. The lowest BCUT2D eigenvalue weighted by Crippen LogP contribution is -2.34. The van der Waals surface area contributed by atoms with Gasteiger partial charge in [-0.15, -0.1) is 0 Å². The molecule has 1 N–H and O–H groups in total. The number of carbonyl (C=O) groups excluding carboxylic acids is 1. The summed E-state index contributed by atoms with van der Waals surface area (Å²) in [5.74, 6) is -0.0180. The smallest absolute Gasteiger partial charge is 0.254 e. The van der Waals surface area contributed by atoms with Gasteiger partial charge in [0.1, 0.15) is 0 Å². The van der Waals surface area contributed by atoms with E-state index >= 15 is 0 Å². The van der Waals surface area contributed by atoms with Gasteiger partial charge < -0.3 is 0 Å². The van der Waals surface area contributed by atoms with Crippen LogP contribution in [0.2, 0.25) is 0 Å². The van der Waals surface area contributed by atoms with Crippen LogP contribution in [0.15, 0.2) is 30.3 Å². The molecule has 1 aromatic rings. The van der Waals surface area contributed by atoms with Crippen LogP contribution >= 0.6 is 0 Å². The molecule has 1 aromatic carbocycles. The molecule has 0 heterocycles. The average molecular weight is 205 g/mol. The quantitative estimate of drug-likeness (QED) is 0.761. The van der Waals surface area contributed by atoms with Crippen molar-refractivity contribution in [1.29, 1.82) is 0 Å². The third kappa shape index (κ3) is 1.88. The summed E-state index contributed by atoms with van der Waals surface area (Å²) >= 11 is 0. The summed E-state index contributed by atoms with van der Waals surface area (Å²) in [5, 5.41) is 0. The molecule has 1 amide bonds. The Morgan fingerprint density at radius 1 is 1.40 bits per heavy atom. The molecule has 0 saturated heterocycles. The second kappa shape index (κ2) is 4.03. The molecule has 0 bridgehead atoms. The summed E-state index contributed by atoms with van der Waals surface area (Å²) in [5.41, 5.74) is 3.26. The van der Waals surface area contributed by atoms with Crippen molar-refractivity contribution in [3.8, 4) is 0 Å². The highest BCUT2D eigenvalue weighted by Gasteiger charge is 2.51. The zero-order chi connectivity index (χ0) is 10.7. The maximum Gasteiger partial charge on any atom is 0.254 e. The molecule has 3 nitrogen and oxygen atoms in total. The van der Waals surface area contributed by atoms with Crippen molar-refractivity contribution < 1.29 is 9.63 Å². The predicted molar refractivity (Wildman–Crippen MR) is 57.1 cm³/mol. The first kappa shape index (κ1) is 10.2. The first-order chi connectivity index (χ1) is 7.29. The van der Waals surface area contributed by atoms with E-state index in [9.17, 15) is 4.79 Å². The van der Waals surface area contributed by atoms with Crippen molar-refractivity contribution in [1.82, 2.24) is 5.48 Å². The minimum Gasteiger partial charge on any atom is -0.274 e. The third-order valence-corrected chi connectivity index (χ3v) is 2.82. The monoisotopic (exact) mass is 205 g/mol. The standard InChI is InChI=1S/C12H15NO2/c1-2-15-13-11(14)12(8-9-12)10-6-4-3-5-7-10/h3-7H,2,8-9H2,1H3,(H,13,14). The summed E-state index contributed by atoms with van der Waals surface area (Å²) in [4.78, 5) is 16.8. The van der Waals surface area contributed by atoms with Gasteiger partial charge in [0, 0.05) is 0 Å². The highest BCUT2D eigenvalue weighted by atomic mass is 16.6. The van der Waals surface area contributed by atoms with Crippen LogP contribution in [0, 0.1) is 0 Å². The number of hydrogen-bond donors (Lipinski definition) is 1. The average Bonchev–Trinajstić information content (AvgIpc) is 3.08. The molecular formula is C12H15NO2. The van der Waals surface area contributed by atoms with Gasteiger partial charge in [-0.3, -0.25) is 9.63 Å². The molecule has 1 aliphatic rings. The van der Waals surface area contributed by atoms with Gasteiger partial charge >= 0.3 is 0 Å². The Morgan fingerprint density at radius 3 is 2.60 bits per heavy atom. The van der Waals surface area contributed by atoms with Crippen molar-refractivity contribution in [3.05, 3.63) is 35.9 Å². The van der Waals surface area contributed by atoms with Crippen LogP contribution in [0.25, 0.3) is 0 Å². The summed E-state index contributed by atoms with van der Waals surface area (Å²) in [6.07, 6.45) is 1.83. The molecule has 0 aromatic heterocycles. The molecule has 0 radical (unpaired) electrons. The SMILES string of the molecule is CCONC(=O)C1(c2ccccc2)CC1. The number of hydrogen-bond acceptors (Lipinski definition) is 2. The van der Waals surface area contributed by atoms with Crippen molar-refractivity contribution in [2.75, 3.05) is 6.61 Å². The second-order valence-electron chi connectivity index (χ2n) is 3.81. The van der Waals surface area contributed by atoms with E-state index in [2.05, 4.69) is 5.48 Å². The fourth-order valence-electron chi connectivity index (χ4n) is 1.76. The molecule has 15 heavy (non-hydrogen) atoms. The van der Waals surface area contributed by atoms with Crippen LogP contribution in [-0.4, -0.2) is 12.5 Å². The Balaban J connectivity index is 2.11. The van der Waals surface area contributed by atoms with E-state index in [1.807, 2.05) is 37.3 Å². The van der Waals surface area contributed by atoms with Gasteiger partial charge in [-0.25, -0.2) is 5.48 Å². The van der Waals surface area contributed by atoms with Crippen LogP contribution in [0.5, 0.6) is 0 Å². The second-order valence-corrected chi connectivity index (χ2v) is 3.81. The summed E-state index contributed by atoms with van der Waals surface area (Å²) in [6, 6.07) is 9.88. The highest BCUT2D eigenvalue weighted by Crippen LogP contribution is 2.48. The minimum atomic E-state index is -0.323. The molecule has 0 atom stereocenters. The fourth-order valence-corrected chi connectivity index (χ4v) is 1.76. The van der Waals surface area contributed by atoms with E-state index in [-0.39, 0.29) is 11.3 Å². The van der Waals surface area contributed by atoms with Crippen LogP contribution in [0.3, 0.4) is 0 Å². The number of rotatable bonds is 4. The summed E-state index contributed by atoms with van der Waals surface area (Å²) < 4.78 is 0. The lowest BCUT2D eigenvalue weighted by atomic mass is 9.95. The lowest BCUT2D eigenvalue weighted by molar-refractivity contribution is -0.135. The van der Waals surface area contributed by atoms with Gasteiger partial charge in [0.25, 0.3) is 5.91 Å². The molecular weight excluding hydrogens is 190 g/mol.